The standard InChI is InChI=1S/C28H27FN2O/c1-19-6-4-7-20(14-19)17-30-28(32)22-12-13-27-25(16-22)24-10-2-3-11-26(24)31(27)18-21-8-5-9-23(29)15-21/h2-11,14-15,22H,12-13,16-18H2,1H3,(H,30,32). The van der Waals surface area contributed by atoms with Crippen molar-refractivity contribution >= 4 is 16.8 Å². The average molecular weight is 427 g/mol. The molecule has 3 aromatic carbocycles. The van der Waals surface area contributed by atoms with Gasteiger partial charge in [0.1, 0.15) is 5.82 Å². The zero-order chi connectivity index (χ0) is 22.1. The quantitative estimate of drug-likeness (QED) is 0.446. The van der Waals surface area contributed by atoms with E-state index in [9.17, 15) is 9.18 Å². The van der Waals surface area contributed by atoms with Gasteiger partial charge in [-0.3, -0.25) is 4.79 Å². The van der Waals surface area contributed by atoms with Crippen LogP contribution in [0.25, 0.3) is 10.9 Å². The maximum atomic E-state index is 13.8. The molecule has 1 N–H and O–H groups in total. The molecular weight excluding hydrogens is 399 g/mol. The summed E-state index contributed by atoms with van der Waals surface area (Å²) in [5.74, 6) is -0.113. The molecule has 0 fully saturated rings. The fourth-order valence-corrected chi connectivity index (χ4v) is 4.98. The number of nitrogens with zero attached hydrogens (tertiary/aromatic N) is 1. The summed E-state index contributed by atoms with van der Waals surface area (Å²) < 4.78 is 16.1. The predicted molar refractivity (Wildman–Crippen MR) is 126 cm³/mol. The molecule has 1 aliphatic rings. The molecule has 1 atom stereocenters. The van der Waals surface area contributed by atoms with Gasteiger partial charge in [0.25, 0.3) is 0 Å². The number of carbonyl (C=O) groups excluding carboxylic acids is 1. The monoisotopic (exact) mass is 426 g/mol. The topological polar surface area (TPSA) is 34.0 Å². The van der Waals surface area contributed by atoms with Gasteiger partial charge in [0.05, 0.1) is 0 Å². The normalized spacial score (nSPS) is 15.5. The molecule has 0 radical (unpaired) electrons. The van der Waals surface area contributed by atoms with Crippen LogP contribution in [0, 0.1) is 18.7 Å². The van der Waals surface area contributed by atoms with Crippen LogP contribution in [0.5, 0.6) is 0 Å². The molecule has 4 aromatic rings. The fraction of sp³-hybridized carbons (Fsp3) is 0.250. The lowest BCUT2D eigenvalue weighted by atomic mass is 9.85. The highest BCUT2D eigenvalue weighted by atomic mass is 19.1. The Morgan fingerprint density at radius 2 is 1.84 bits per heavy atom. The third-order valence-corrected chi connectivity index (χ3v) is 6.52. The molecule has 0 bridgehead atoms. The van der Waals surface area contributed by atoms with Crippen molar-refractivity contribution in [3.8, 4) is 0 Å². The molecule has 1 heterocycles. The number of hydrogen-bond acceptors (Lipinski definition) is 1. The minimum Gasteiger partial charge on any atom is -0.352 e. The van der Waals surface area contributed by atoms with Crippen LogP contribution in [0.4, 0.5) is 4.39 Å². The molecule has 5 rings (SSSR count). The number of halogens is 1. The number of carbonyl (C=O) groups is 1. The molecule has 0 spiro atoms. The summed E-state index contributed by atoms with van der Waals surface area (Å²) in [4.78, 5) is 13.0. The molecule has 4 heteroatoms. The van der Waals surface area contributed by atoms with E-state index in [2.05, 4.69) is 47.1 Å². The van der Waals surface area contributed by atoms with Crippen LogP contribution < -0.4 is 5.32 Å². The maximum absolute atomic E-state index is 13.8. The number of para-hydroxylation sites is 1. The minimum absolute atomic E-state index is 0.0271. The van der Waals surface area contributed by atoms with Crippen molar-refractivity contribution in [3.05, 3.63) is 107 Å². The summed E-state index contributed by atoms with van der Waals surface area (Å²) in [7, 11) is 0. The number of hydrogen-bond donors (Lipinski definition) is 1. The van der Waals surface area contributed by atoms with E-state index in [1.165, 1.54) is 28.3 Å². The molecular formula is C28H27FN2O. The SMILES string of the molecule is Cc1cccc(CNC(=O)C2CCc3c(c4ccccc4n3Cc3cccc(F)c3)C2)c1. The Hall–Kier alpha value is -3.40. The Balaban J connectivity index is 1.39. The first-order valence-corrected chi connectivity index (χ1v) is 11.2. The smallest absolute Gasteiger partial charge is 0.223 e. The molecule has 1 unspecified atom stereocenters. The van der Waals surface area contributed by atoms with Gasteiger partial charge in [0, 0.05) is 35.6 Å². The second kappa shape index (κ2) is 8.62. The van der Waals surface area contributed by atoms with Crippen LogP contribution in [0.15, 0.2) is 72.8 Å². The number of fused-ring (bicyclic) bond motifs is 3. The van der Waals surface area contributed by atoms with Crippen molar-refractivity contribution in [1.82, 2.24) is 9.88 Å². The van der Waals surface area contributed by atoms with Gasteiger partial charge in [0.2, 0.25) is 5.91 Å². The third kappa shape index (κ3) is 4.05. The van der Waals surface area contributed by atoms with Gasteiger partial charge >= 0.3 is 0 Å². The van der Waals surface area contributed by atoms with Crippen LogP contribution in [0.3, 0.4) is 0 Å². The van der Waals surface area contributed by atoms with Gasteiger partial charge in [-0.05, 0) is 61.1 Å². The maximum Gasteiger partial charge on any atom is 0.223 e. The molecule has 1 amide bonds. The van der Waals surface area contributed by atoms with Crippen LogP contribution in [0.1, 0.15) is 34.4 Å². The van der Waals surface area contributed by atoms with E-state index in [0.717, 1.165) is 35.9 Å². The van der Waals surface area contributed by atoms with E-state index in [0.29, 0.717) is 13.1 Å². The predicted octanol–water partition coefficient (Wildman–Crippen LogP) is 5.56. The highest BCUT2D eigenvalue weighted by Gasteiger charge is 2.29. The van der Waals surface area contributed by atoms with E-state index in [1.807, 2.05) is 24.3 Å². The number of amides is 1. The van der Waals surface area contributed by atoms with Crippen molar-refractivity contribution in [2.75, 3.05) is 0 Å². The van der Waals surface area contributed by atoms with Gasteiger partial charge in [-0.1, -0.05) is 60.2 Å². The van der Waals surface area contributed by atoms with Crippen LogP contribution in [-0.2, 0) is 30.7 Å². The van der Waals surface area contributed by atoms with Crippen LogP contribution in [0.2, 0.25) is 0 Å². The lowest BCUT2D eigenvalue weighted by Gasteiger charge is -2.23. The molecule has 32 heavy (non-hydrogen) atoms. The molecule has 0 aliphatic heterocycles. The first kappa shape index (κ1) is 20.5. The van der Waals surface area contributed by atoms with Gasteiger partial charge in [-0.2, -0.15) is 0 Å². The molecule has 1 aromatic heterocycles. The highest BCUT2D eigenvalue weighted by molar-refractivity contribution is 5.88. The summed E-state index contributed by atoms with van der Waals surface area (Å²) in [6.07, 6.45) is 2.42. The van der Waals surface area contributed by atoms with Gasteiger partial charge in [-0.25, -0.2) is 4.39 Å². The van der Waals surface area contributed by atoms with Crippen molar-refractivity contribution in [1.29, 1.82) is 0 Å². The van der Waals surface area contributed by atoms with Gasteiger partial charge < -0.3 is 9.88 Å². The molecule has 0 saturated heterocycles. The largest absolute Gasteiger partial charge is 0.352 e. The Labute approximate surface area is 187 Å². The molecule has 162 valence electrons. The number of aromatic nitrogens is 1. The Bertz CT molecular complexity index is 1290. The van der Waals surface area contributed by atoms with E-state index in [1.54, 1.807) is 12.1 Å². The number of rotatable bonds is 5. The number of aryl methyl sites for hydroxylation is 1. The highest BCUT2D eigenvalue weighted by Crippen LogP contribution is 2.35. The minimum atomic E-state index is -0.210. The lowest BCUT2D eigenvalue weighted by Crippen LogP contribution is -2.34. The van der Waals surface area contributed by atoms with E-state index >= 15 is 0 Å². The molecule has 0 saturated carbocycles. The first-order chi connectivity index (χ1) is 15.6. The Morgan fingerprint density at radius 3 is 2.69 bits per heavy atom. The van der Waals surface area contributed by atoms with E-state index in [-0.39, 0.29) is 17.6 Å². The third-order valence-electron chi connectivity index (χ3n) is 6.52. The van der Waals surface area contributed by atoms with E-state index in [4.69, 9.17) is 0 Å². The second-order valence-corrected chi connectivity index (χ2v) is 8.81. The second-order valence-electron chi connectivity index (χ2n) is 8.81. The molecule has 1 aliphatic carbocycles. The summed E-state index contributed by atoms with van der Waals surface area (Å²) >= 11 is 0. The summed E-state index contributed by atoms with van der Waals surface area (Å²) in [6.45, 7) is 3.26. The Kier molecular flexibility index (Phi) is 5.52. The van der Waals surface area contributed by atoms with Crippen molar-refractivity contribution in [3.63, 3.8) is 0 Å². The van der Waals surface area contributed by atoms with Crippen molar-refractivity contribution in [2.24, 2.45) is 5.92 Å². The van der Waals surface area contributed by atoms with Crippen molar-refractivity contribution < 1.29 is 9.18 Å². The number of nitrogens with one attached hydrogen (secondary N) is 1. The first-order valence-electron chi connectivity index (χ1n) is 11.2. The van der Waals surface area contributed by atoms with Crippen molar-refractivity contribution in [2.45, 2.75) is 39.3 Å². The zero-order valence-electron chi connectivity index (χ0n) is 18.3. The zero-order valence-corrected chi connectivity index (χ0v) is 18.3. The average Bonchev–Trinajstić information content (AvgIpc) is 3.11. The van der Waals surface area contributed by atoms with Gasteiger partial charge in [-0.15, -0.1) is 0 Å². The van der Waals surface area contributed by atoms with Gasteiger partial charge in [0.15, 0.2) is 0 Å². The van der Waals surface area contributed by atoms with Crippen LogP contribution in [-0.4, -0.2) is 10.5 Å². The summed E-state index contributed by atoms with van der Waals surface area (Å²) in [5, 5.41) is 4.34. The molecule has 3 nitrogen and oxygen atoms in total. The lowest BCUT2D eigenvalue weighted by molar-refractivity contribution is -0.125. The summed E-state index contributed by atoms with van der Waals surface area (Å²) in [5.41, 5.74) is 6.97. The Morgan fingerprint density at radius 1 is 1.03 bits per heavy atom. The van der Waals surface area contributed by atoms with E-state index < -0.39 is 0 Å². The summed E-state index contributed by atoms with van der Waals surface area (Å²) in [6, 6.07) is 23.4. The fourth-order valence-electron chi connectivity index (χ4n) is 4.98. The van der Waals surface area contributed by atoms with Crippen LogP contribution >= 0.6 is 0 Å². The number of benzene rings is 3.